The second kappa shape index (κ2) is 10.5. The summed E-state index contributed by atoms with van der Waals surface area (Å²) >= 11 is 0. The first kappa shape index (κ1) is 20.7. The normalized spacial score (nSPS) is 18.3. The number of nitrogens with zero attached hydrogens (tertiary/aromatic N) is 3. The first-order valence-corrected chi connectivity index (χ1v) is 8.50. The molecule has 0 bridgehead atoms. The lowest BCUT2D eigenvalue weighted by molar-refractivity contribution is 0.0655. The van der Waals surface area contributed by atoms with Crippen LogP contribution in [0.2, 0.25) is 0 Å². The summed E-state index contributed by atoms with van der Waals surface area (Å²) in [6.45, 7) is 7.57. The number of fused-ring (bicyclic) bond motifs is 1. The summed E-state index contributed by atoms with van der Waals surface area (Å²) in [6, 6.07) is 0. The van der Waals surface area contributed by atoms with Gasteiger partial charge in [0.15, 0.2) is 5.69 Å². The van der Waals surface area contributed by atoms with E-state index >= 15 is 0 Å². The molecule has 0 spiro atoms. The maximum Gasteiger partial charge on any atom is 0.285 e. The Labute approximate surface area is 143 Å². The van der Waals surface area contributed by atoms with Crippen LogP contribution < -0.4 is 4.74 Å². The maximum atomic E-state index is 12.0. The molecule has 138 valence electrons. The van der Waals surface area contributed by atoms with Crippen molar-refractivity contribution in [1.82, 2.24) is 14.9 Å². The largest absolute Gasteiger partial charge is 0.480 e. The average molecular weight is 345 g/mol. The number of rotatable bonds is 4. The molecule has 7 heteroatoms. The van der Waals surface area contributed by atoms with E-state index in [0.29, 0.717) is 5.54 Å². The predicted octanol–water partition coefficient (Wildman–Crippen LogP) is 3.71. The van der Waals surface area contributed by atoms with Gasteiger partial charge in [0.25, 0.3) is 6.43 Å². The smallest absolute Gasteiger partial charge is 0.285 e. The van der Waals surface area contributed by atoms with E-state index in [1.807, 2.05) is 21.0 Å². The van der Waals surface area contributed by atoms with Crippen LogP contribution in [0.3, 0.4) is 0 Å². The van der Waals surface area contributed by atoms with Gasteiger partial charge in [0, 0.05) is 25.0 Å². The molecule has 0 N–H and O–H groups in total. The number of alkyl halides is 2. The minimum absolute atomic E-state index is 0.123. The van der Waals surface area contributed by atoms with Crippen LogP contribution in [0.15, 0.2) is 12.4 Å². The van der Waals surface area contributed by atoms with E-state index in [0.717, 1.165) is 6.61 Å². The zero-order valence-electron chi connectivity index (χ0n) is 15.1. The Morgan fingerprint density at radius 1 is 1.12 bits per heavy atom. The van der Waals surface area contributed by atoms with Crippen LogP contribution in [0.4, 0.5) is 8.78 Å². The van der Waals surface area contributed by atoms with Gasteiger partial charge in [-0.2, -0.15) is 0 Å². The number of methoxy groups -OCH3 is 2. The van der Waals surface area contributed by atoms with E-state index in [-0.39, 0.29) is 5.88 Å². The van der Waals surface area contributed by atoms with Crippen molar-refractivity contribution in [2.24, 2.45) is 0 Å². The van der Waals surface area contributed by atoms with Crippen LogP contribution in [-0.4, -0.2) is 54.3 Å². The molecule has 1 aromatic heterocycles. The Kier molecular flexibility index (Phi) is 9.07. The van der Waals surface area contributed by atoms with Gasteiger partial charge in [-0.3, -0.25) is 4.90 Å². The molecule has 0 saturated carbocycles. The van der Waals surface area contributed by atoms with Crippen molar-refractivity contribution in [2.75, 3.05) is 33.9 Å². The first-order valence-electron chi connectivity index (χ1n) is 8.50. The fraction of sp³-hybridized carbons (Fsp3) is 0.765. The Morgan fingerprint density at radius 2 is 1.71 bits per heavy atom. The van der Waals surface area contributed by atoms with Crippen molar-refractivity contribution in [1.29, 1.82) is 0 Å². The van der Waals surface area contributed by atoms with Gasteiger partial charge < -0.3 is 9.47 Å². The molecule has 5 nitrogen and oxygen atoms in total. The Balaban J connectivity index is 0.000000218. The molecule has 0 aromatic carbocycles. The van der Waals surface area contributed by atoms with E-state index in [4.69, 9.17) is 4.74 Å². The van der Waals surface area contributed by atoms with Crippen LogP contribution in [0, 0.1) is 0 Å². The monoisotopic (exact) mass is 345 g/mol. The highest BCUT2D eigenvalue weighted by Crippen LogP contribution is 2.38. The molecule has 2 fully saturated rings. The summed E-state index contributed by atoms with van der Waals surface area (Å²) < 4.78 is 33.9. The molecule has 0 radical (unpaired) electrons. The van der Waals surface area contributed by atoms with E-state index in [2.05, 4.69) is 19.6 Å². The Hall–Kier alpha value is -1.34. The zero-order chi connectivity index (χ0) is 18.0. The van der Waals surface area contributed by atoms with Gasteiger partial charge >= 0.3 is 0 Å². The number of hydrogen-bond acceptors (Lipinski definition) is 5. The molecule has 2 aliphatic rings. The molecule has 0 unspecified atom stereocenters. The van der Waals surface area contributed by atoms with Gasteiger partial charge in [0.1, 0.15) is 0 Å². The number of ether oxygens (including phenoxy) is 2. The summed E-state index contributed by atoms with van der Waals surface area (Å²) in [4.78, 5) is 9.59. The predicted molar refractivity (Wildman–Crippen MR) is 89.5 cm³/mol. The maximum absolute atomic E-state index is 12.0. The second-order valence-corrected chi connectivity index (χ2v) is 5.60. The molecule has 2 saturated heterocycles. The third-order valence-electron chi connectivity index (χ3n) is 4.32. The van der Waals surface area contributed by atoms with E-state index < -0.39 is 12.1 Å². The minimum atomic E-state index is -2.64. The van der Waals surface area contributed by atoms with Crippen molar-refractivity contribution in [2.45, 2.75) is 51.5 Å². The summed E-state index contributed by atoms with van der Waals surface area (Å²) in [5.41, 5.74) is 0.0457. The summed E-state index contributed by atoms with van der Waals surface area (Å²) in [5, 5.41) is 0. The van der Waals surface area contributed by atoms with Crippen molar-refractivity contribution in [3.05, 3.63) is 18.1 Å². The van der Waals surface area contributed by atoms with Crippen LogP contribution in [-0.2, 0) is 4.74 Å². The zero-order valence-corrected chi connectivity index (χ0v) is 15.1. The topological polar surface area (TPSA) is 47.5 Å². The van der Waals surface area contributed by atoms with E-state index in [1.54, 1.807) is 0 Å². The molecule has 0 amide bonds. The van der Waals surface area contributed by atoms with Crippen molar-refractivity contribution in [3.63, 3.8) is 0 Å². The lowest BCUT2D eigenvalue weighted by Crippen LogP contribution is -2.42. The highest BCUT2D eigenvalue weighted by Gasteiger charge is 2.43. The number of halogens is 2. The molecular formula is C17H29F2N3O2. The standard InChI is InChI=1S/C9H17NO.C6H6F2N2O.C2H6/c1-11-8-9-4-2-6-10(9)7-3-5-9;1-11-6-4(5(7)8)9-2-3-10-6;1-2/h2-8H2,1H3;2-3,5H,1H3;1-2H3. The number of aromatic nitrogens is 2. The van der Waals surface area contributed by atoms with Gasteiger partial charge in [-0.05, 0) is 38.8 Å². The summed E-state index contributed by atoms with van der Waals surface area (Å²) in [5.74, 6) is -0.123. The third kappa shape index (κ3) is 5.08. The van der Waals surface area contributed by atoms with E-state index in [1.165, 1.54) is 58.3 Å². The highest BCUT2D eigenvalue weighted by atomic mass is 19.3. The highest BCUT2D eigenvalue weighted by molar-refractivity contribution is 5.17. The molecule has 24 heavy (non-hydrogen) atoms. The molecule has 1 aromatic rings. The molecule has 2 aliphatic heterocycles. The first-order chi connectivity index (χ1) is 11.6. The SMILES string of the molecule is CC.COCC12CCCN1CCC2.COc1nccnc1C(F)F. The van der Waals surface area contributed by atoms with Gasteiger partial charge in [0.05, 0.1) is 13.7 Å². The van der Waals surface area contributed by atoms with Gasteiger partial charge in [-0.15, -0.1) is 0 Å². The fourth-order valence-electron chi connectivity index (χ4n) is 3.37. The van der Waals surface area contributed by atoms with Crippen LogP contribution in [0.5, 0.6) is 5.88 Å². The Morgan fingerprint density at radius 3 is 2.17 bits per heavy atom. The summed E-state index contributed by atoms with van der Waals surface area (Å²) in [7, 11) is 3.10. The lowest BCUT2D eigenvalue weighted by Gasteiger charge is -2.30. The van der Waals surface area contributed by atoms with Crippen molar-refractivity contribution in [3.8, 4) is 5.88 Å². The third-order valence-corrected chi connectivity index (χ3v) is 4.32. The second-order valence-electron chi connectivity index (χ2n) is 5.60. The summed E-state index contributed by atoms with van der Waals surface area (Å²) in [6.07, 6.45) is 5.34. The molecule has 0 aliphatic carbocycles. The minimum Gasteiger partial charge on any atom is -0.480 e. The van der Waals surface area contributed by atoms with Crippen LogP contribution in [0.1, 0.15) is 51.7 Å². The number of hydrogen-bond donors (Lipinski definition) is 0. The van der Waals surface area contributed by atoms with Crippen LogP contribution in [0.25, 0.3) is 0 Å². The molecule has 3 heterocycles. The van der Waals surface area contributed by atoms with Gasteiger partial charge in [-0.1, -0.05) is 13.8 Å². The van der Waals surface area contributed by atoms with Crippen molar-refractivity contribution < 1.29 is 18.3 Å². The van der Waals surface area contributed by atoms with E-state index in [9.17, 15) is 8.78 Å². The lowest BCUT2D eigenvalue weighted by atomic mass is 9.95. The molecule has 3 rings (SSSR count). The molecule has 0 atom stereocenters. The van der Waals surface area contributed by atoms with Gasteiger partial charge in [0.2, 0.25) is 5.88 Å². The quantitative estimate of drug-likeness (QED) is 0.832. The van der Waals surface area contributed by atoms with Crippen molar-refractivity contribution >= 4 is 0 Å². The average Bonchev–Trinajstić information content (AvgIpc) is 3.17. The Bertz CT molecular complexity index is 465. The molecular weight excluding hydrogens is 316 g/mol. The van der Waals surface area contributed by atoms with Crippen LogP contribution >= 0.6 is 0 Å². The fourth-order valence-corrected chi connectivity index (χ4v) is 3.37. The van der Waals surface area contributed by atoms with Gasteiger partial charge in [-0.25, -0.2) is 18.7 Å².